The molecule has 1 aliphatic heterocycles. The first-order chi connectivity index (χ1) is 13.2. The van der Waals surface area contributed by atoms with Crippen LogP contribution < -0.4 is 10.1 Å². The van der Waals surface area contributed by atoms with Crippen LogP contribution in [0.3, 0.4) is 0 Å². The zero-order valence-electron chi connectivity index (χ0n) is 15.6. The molecular formula is C22H25N3O2. The Kier molecular flexibility index (Phi) is 6.45. The highest BCUT2D eigenvalue weighted by Crippen LogP contribution is 2.33. The minimum absolute atomic E-state index is 0.0110. The molecule has 0 unspecified atom stereocenters. The summed E-state index contributed by atoms with van der Waals surface area (Å²) in [5.74, 6) is 0.901. The van der Waals surface area contributed by atoms with Crippen LogP contribution in [-0.4, -0.2) is 31.0 Å². The Morgan fingerprint density at radius 1 is 1.30 bits per heavy atom. The van der Waals surface area contributed by atoms with Gasteiger partial charge in [0, 0.05) is 18.2 Å². The normalized spacial score (nSPS) is 16.7. The molecule has 1 amide bonds. The van der Waals surface area contributed by atoms with Crippen LogP contribution in [0.4, 0.5) is 5.69 Å². The number of carbonyl (C=O) groups is 1. The standard InChI is InChI=1S/C22H25N3O2/c1-27-20-6-2-5-18(15-20)21-7-3-13-25(21)14-4-8-22(26)24-19-11-9-17(16-23)10-12-19/h2,5-6,9-12,15,21H,3-4,7-8,13-14H2,1H3,(H,24,26)/t21-/m1/s1. The van der Waals surface area contributed by atoms with Crippen molar-refractivity contribution in [3.05, 3.63) is 59.7 Å². The smallest absolute Gasteiger partial charge is 0.224 e. The summed E-state index contributed by atoms with van der Waals surface area (Å²) in [4.78, 5) is 14.6. The number of hydrogen-bond acceptors (Lipinski definition) is 4. The first-order valence-electron chi connectivity index (χ1n) is 9.37. The fraction of sp³-hybridized carbons (Fsp3) is 0.364. The molecule has 0 aliphatic carbocycles. The number of ether oxygens (including phenoxy) is 1. The predicted octanol–water partition coefficient (Wildman–Crippen LogP) is 4.12. The Balaban J connectivity index is 1.48. The van der Waals surface area contributed by atoms with E-state index in [-0.39, 0.29) is 5.91 Å². The summed E-state index contributed by atoms with van der Waals surface area (Å²) in [6, 6.07) is 17.7. The fourth-order valence-corrected chi connectivity index (χ4v) is 3.61. The van der Waals surface area contributed by atoms with Crippen LogP contribution in [0.25, 0.3) is 0 Å². The molecule has 27 heavy (non-hydrogen) atoms. The molecule has 2 aromatic rings. The van der Waals surface area contributed by atoms with Gasteiger partial charge >= 0.3 is 0 Å². The van der Waals surface area contributed by atoms with E-state index in [1.54, 1.807) is 31.4 Å². The number of benzene rings is 2. The van der Waals surface area contributed by atoms with E-state index in [1.165, 1.54) is 12.0 Å². The molecular weight excluding hydrogens is 338 g/mol. The van der Waals surface area contributed by atoms with Crippen LogP contribution in [0.15, 0.2) is 48.5 Å². The number of nitrogens with one attached hydrogen (secondary N) is 1. The molecule has 5 heteroatoms. The summed E-state index contributed by atoms with van der Waals surface area (Å²) >= 11 is 0. The summed E-state index contributed by atoms with van der Waals surface area (Å²) in [5.41, 5.74) is 2.61. The first kappa shape index (κ1) is 18.9. The highest BCUT2D eigenvalue weighted by atomic mass is 16.5. The molecule has 0 spiro atoms. The lowest BCUT2D eigenvalue weighted by molar-refractivity contribution is -0.116. The van der Waals surface area contributed by atoms with Gasteiger partial charge in [0.1, 0.15) is 5.75 Å². The Bertz CT molecular complexity index is 811. The van der Waals surface area contributed by atoms with E-state index in [2.05, 4.69) is 28.4 Å². The fourth-order valence-electron chi connectivity index (χ4n) is 3.61. The molecule has 3 rings (SSSR count). The van der Waals surface area contributed by atoms with E-state index in [9.17, 15) is 4.79 Å². The molecule has 1 N–H and O–H groups in total. The number of rotatable bonds is 7. The zero-order valence-corrected chi connectivity index (χ0v) is 15.6. The second-order valence-corrected chi connectivity index (χ2v) is 6.81. The minimum Gasteiger partial charge on any atom is -0.497 e. The van der Waals surface area contributed by atoms with Crippen molar-refractivity contribution in [1.29, 1.82) is 5.26 Å². The lowest BCUT2D eigenvalue weighted by atomic mass is 10.0. The van der Waals surface area contributed by atoms with E-state index >= 15 is 0 Å². The van der Waals surface area contributed by atoms with Gasteiger partial charge in [0.2, 0.25) is 5.91 Å². The number of methoxy groups -OCH3 is 1. The van der Waals surface area contributed by atoms with Gasteiger partial charge < -0.3 is 10.1 Å². The number of nitriles is 1. The van der Waals surface area contributed by atoms with Crippen LogP contribution in [0.5, 0.6) is 5.75 Å². The SMILES string of the molecule is COc1cccc([C@H]2CCCN2CCCC(=O)Nc2ccc(C#N)cc2)c1. The minimum atomic E-state index is 0.0110. The summed E-state index contributed by atoms with van der Waals surface area (Å²) in [7, 11) is 1.69. The maximum Gasteiger partial charge on any atom is 0.224 e. The third kappa shape index (κ3) is 5.08. The second kappa shape index (κ2) is 9.20. The third-order valence-corrected chi connectivity index (χ3v) is 4.99. The largest absolute Gasteiger partial charge is 0.497 e. The molecule has 140 valence electrons. The Morgan fingerprint density at radius 2 is 2.11 bits per heavy atom. The Hall–Kier alpha value is -2.84. The third-order valence-electron chi connectivity index (χ3n) is 4.99. The van der Waals surface area contributed by atoms with Gasteiger partial charge in [-0.3, -0.25) is 9.69 Å². The van der Waals surface area contributed by atoms with Gasteiger partial charge in [0.15, 0.2) is 0 Å². The van der Waals surface area contributed by atoms with E-state index in [1.807, 2.05) is 12.1 Å². The summed E-state index contributed by atoms with van der Waals surface area (Å²) in [5, 5.41) is 11.7. The van der Waals surface area contributed by atoms with Crippen LogP contribution >= 0.6 is 0 Å². The quantitative estimate of drug-likeness (QED) is 0.803. The van der Waals surface area contributed by atoms with Crippen molar-refractivity contribution < 1.29 is 9.53 Å². The number of anilines is 1. The van der Waals surface area contributed by atoms with E-state index in [0.29, 0.717) is 18.0 Å². The molecule has 0 radical (unpaired) electrons. The number of carbonyl (C=O) groups excluding carboxylic acids is 1. The van der Waals surface area contributed by atoms with Gasteiger partial charge in [-0.2, -0.15) is 5.26 Å². The number of hydrogen-bond donors (Lipinski definition) is 1. The average molecular weight is 363 g/mol. The molecule has 0 bridgehead atoms. The first-order valence-corrected chi connectivity index (χ1v) is 9.37. The highest BCUT2D eigenvalue weighted by Gasteiger charge is 2.25. The summed E-state index contributed by atoms with van der Waals surface area (Å²) in [6.45, 7) is 1.97. The van der Waals surface area contributed by atoms with Crippen LogP contribution in [0.2, 0.25) is 0 Å². The molecule has 2 aromatic carbocycles. The van der Waals surface area contributed by atoms with Crippen molar-refractivity contribution in [2.24, 2.45) is 0 Å². The van der Waals surface area contributed by atoms with Crippen LogP contribution in [-0.2, 0) is 4.79 Å². The van der Waals surface area contributed by atoms with Gasteiger partial charge in [-0.1, -0.05) is 12.1 Å². The van der Waals surface area contributed by atoms with Gasteiger partial charge in [-0.05, 0) is 74.3 Å². The number of nitrogens with zero attached hydrogens (tertiary/aromatic N) is 2. The maximum absolute atomic E-state index is 12.2. The summed E-state index contributed by atoms with van der Waals surface area (Å²) < 4.78 is 5.34. The van der Waals surface area contributed by atoms with Crippen LogP contribution in [0, 0.1) is 11.3 Å². The van der Waals surface area contributed by atoms with Crippen molar-refractivity contribution in [2.75, 3.05) is 25.5 Å². The second-order valence-electron chi connectivity index (χ2n) is 6.81. The Morgan fingerprint density at radius 3 is 2.85 bits per heavy atom. The predicted molar refractivity (Wildman–Crippen MR) is 106 cm³/mol. The topological polar surface area (TPSA) is 65.4 Å². The van der Waals surface area contributed by atoms with Gasteiger partial charge in [0.25, 0.3) is 0 Å². The molecule has 1 aliphatic rings. The number of likely N-dealkylation sites (tertiary alicyclic amines) is 1. The summed E-state index contributed by atoms with van der Waals surface area (Å²) in [6.07, 6.45) is 3.63. The molecule has 1 atom stereocenters. The highest BCUT2D eigenvalue weighted by molar-refractivity contribution is 5.90. The molecule has 1 fully saturated rings. The van der Waals surface area contributed by atoms with E-state index in [0.717, 1.165) is 37.4 Å². The van der Waals surface area contributed by atoms with E-state index in [4.69, 9.17) is 10.00 Å². The average Bonchev–Trinajstić information content (AvgIpc) is 3.17. The zero-order chi connectivity index (χ0) is 19.1. The molecule has 1 saturated heterocycles. The van der Waals surface area contributed by atoms with Crippen molar-refractivity contribution in [3.8, 4) is 11.8 Å². The van der Waals surface area contributed by atoms with Gasteiger partial charge in [0.05, 0.1) is 18.7 Å². The molecule has 0 saturated carbocycles. The lowest BCUT2D eigenvalue weighted by Crippen LogP contribution is -2.25. The molecule has 0 aromatic heterocycles. The van der Waals surface area contributed by atoms with Gasteiger partial charge in [-0.25, -0.2) is 0 Å². The Labute approximate surface area is 160 Å². The monoisotopic (exact) mass is 363 g/mol. The van der Waals surface area contributed by atoms with Crippen molar-refractivity contribution >= 4 is 11.6 Å². The van der Waals surface area contributed by atoms with Crippen molar-refractivity contribution in [2.45, 2.75) is 31.7 Å². The van der Waals surface area contributed by atoms with Gasteiger partial charge in [-0.15, -0.1) is 0 Å². The number of amides is 1. The van der Waals surface area contributed by atoms with E-state index < -0.39 is 0 Å². The lowest BCUT2D eigenvalue weighted by Gasteiger charge is -2.25. The molecule has 5 nitrogen and oxygen atoms in total. The maximum atomic E-state index is 12.2. The van der Waals surface area contributed by atoms with Crippen LogP contribution in [0.1, 0.15) is 42.9 Å². The molecule has 1 heterocycles. The van der Waals surface area contributed by atoms with Crippen molar-refractivity contribution in [3.63, 3.8) is 0 Å². The van der Waals surface area contributed by atoms with Crippen molar-refractivity contribution in [1.82, 2.24) is 4.90 Å².